The third-order valence-electron chi connectivity index (χ3n) is 8.39. The lowest BCUT2D eigenvalue weighted by molar-refractivity contribution is -0.444. The van der Waals surface area contributed by atoms with Crippen LogP contribution in [0.25, 0.3) is 0 Å². The Morgan fingerprint density at radius 3 is 1.85 bits per heavy atom. The molecule has 3 aromatic carbocycles. The molecule has 294 valence electrons. The Bertz CT molecular complexity index is 1880. The van der Waals surface area contributed by atoms with Gasteiger partial charge in [-0.15, -0.1) is 0 Å². The number of rotatable bonds is 14. The van der Waals surface area contributed by atoms with Crippen molar-refractivity contribution >= 4 is 23.3 Å². The monoisotopic (exact) mass is 790 g/mol. The quantitative estimate of drug-likeness (QED) is 0.115. The number of nitrogens with one attached hydrogen (secondary N) is 1. The molecule has 0 aromatic heterocycles. The van der Waals surface area contributed by atoms with Crippen LogP contribution in [0.3, 0.4) is 0 Å². The van der Waals surface area contributed by atoms with Crippen molar-refractivity contribution in [1.29, 1.82) is 0 Å². The van der Waals surface area contributed by atoms with Crippen LogP contribution in [-0.4, -0.2) is 93.2 Å². The molecule has 1 saturated heterocycles. The first-order valence-electron chi connectivity index (χ1n) is 16.0. The van der Waals surface area contributed by atoms with Crippen LogP contribution >= 0.6 is 0 Å². The normalized spacial score (nSPS) is 18.8. The molecule has 0 unspecified atom stereocenters. The minimum atomic E-state index is -8.37. The lowest BCUT2D eigenvalue weighted by Crippen LogP contribution is -2.72. The number of halogens is 13. The summed E-state index contributed by atoms with van der Waals surface area (Å²) in [5.74, 6) is -44.1. The fourth-order valence-corrected chi connectivity index (χ4v) is 5.49. The van der Waals surface area contributed by atoms with Crippen molar-refractivity contribution < 1.29 is 78.2 Å². The molecule has 0 aliphatic carbocycles. The first kappa shape index (κ1) is 40.5. The van der Waals surface area contributed by atoms with Gasteiger partial charge in [0.2, 0.25) is 5.91 Å². The predicted molar refractivity (Wildman–Crippen MR) is 165 cm³/mol. The van der Waals surface area contributed by atoms with Gasteiger partial charge in [0, 0.05) is 17.7 Å². The summed E-state index contributed by atoms with van der Waals surface area (Å²) in [5.41, 5.74) is -1.26. The number of likely N-dealkylation sites (tertiary alicyclic amines) is 1. The highest BCUT2D eigenvalue weighted by molar-refractivity contribution is 6.17. The maximum atomic E-state index is 15.2. The number of aliphatic carboxylic acids is 1. The third-order valence-corrected chi connectivity index (χ3v) is 8.39. The average Bonchev–Trinajstić information content (AvgIpc) is 3.58. The Kier molecular flexibility index (Phi) is 11.4. The summed E-state index contributed by atoms with van der Waals surface area (Å²) >= 11 is 0. The van der Waals surface area contributed by atoms with Crippen LogP contribution in [0.2, 0.25) is 0 Å². The van der Waals surface area contributed by atoms with Crippen molar-refractivity contribution in [2.45, 2.75) is 73.3 Å². The molecule has 3 aromatic rings. The lowest BCUT2D eigenvalue weighted by atomic mass is 9.89. The number of amides is 1. The van der Waals surface area contributed by atoms with Gasteiger partial charge < -0.3 is 15.5 Å². The van der Waals surface area contributed by atoms with Gasteiger partial charge in [-0.3, -0.25) is 14.7 Å². The Labute approximate surface area is 298 Å². The third kappa shape index (κ3) is 7.62. The van der Waals surface area contributed by atoms with E-state index in [0.29, 0.717) is 25.9 Å². The van der Waals surface area contributed by atoms with Crippen LogP contribution in [-0.2, 0) is 16.1 Å². The molecule has 0 saturated carbocycles. The van der Waals surface area contributed by atoms with E-state index in [1.807, 2.05) is 0 Å². The number of carboxylic acid groups (broad SMARTS) is 1. The molecule has 3 atom stereocenters. The molecule has 1 fully saturated rings. The number of benzene rings is 3. The molecule has 0 radical (unpaired) electrons. The molecule has 1 amide bonds. The van der Waals surface area contributed by atoms with Crippen molar-refractivity contribution in [2.24, 2.45) is 4.99 Å². The second-order valence-electron chi connectivity index (χ2n) is 12.0. The highest BCUT2D eigenvalue weighted by atomic mass is 19.4. The molecule has 1 aliphatic rings. The lowest BCUT2D eigenvalue weighted by Gasteiger charge is -2.41. The number of anilines is 1. The van der Waals surface area contributed by atoms with Crippen LogP contribution in [0.15, 0.2) is 89.9 Å². The van der Waals surface area contributed by atoms with E-state index < -0.39 is 77.1 Å². The maximum Gasteiger partial charge on any atom is 0.460 e. The van der Waals surface area contributed by atoms with Gasteiger partial charge in [0.25, 0.3) is 0 Å². The Morgan fingerprint density at radius 2 is 1.30 bits per heavy atom. The zero-order valence-corrected chi connectivity index (χ0v) is 27.1. The van der Waals surface area contributed by atoms with E-state index >= 15 is 8.78 Å². The fraction of sp³-hybridized carbons (Fsp3) is 0.382. The Hall–Kier alpha value is -4.72. The number of hydrogen-bond donors (Lipinski definition) is 3. The number of alkyl halides is 13. The maximum absolute atomic E-state index is 15.2. The molecule has 20 heteroatoms. The molecule has 1 aliphatic heterocycles. The summed E-state index contributed by atoms with van der Waals surface area (Å²) in [7, 11) is 0. The van der Waals surface area contributed by atoms with E-state index in [2.05, 4.69) is 10.3 Å². The number of aliphatic hydroxyl groups is 1. The minimum absolute atomic E-state index is 0.290. The van der Waals surface area contributed by atoms with Crippen molar-refractivity contribution in [2.75, 3.05) is 11.9 Å². The zero-order valence-electron chi connectivity index (χ0n) is 28.1. The topological polar surface area (TPSA) is 102 Å². The number of aliphatic hydroxyl groups excluding tert-OH is 1. The van der Waals surface area contributed by atoms with E-state index in [0.717, 1.165) is 29.8 Å². The number of carbonyl (C=O) groups is 2. The van der Waals surface area contributed by atoms with Gasteiger partial charge in [-0.25, -0.2) is 4.79 Å². The van der Waals surface area contributed by atoms with Crippen LogP contribution in [0, 0.1) is 0 Å². The molecule has 4 rings (SSSR count). The molecule has 54 heavy (non-hydrogen) atoms. The predicted octanol–water partition coefficient (Wildman–Crippen LogP) is 7.68. The second-order valence-corrected chi connectivity index (χ2v) is 12.0. The van der Waals surface area contributed by atoms with Crippen LogP contribution < -0.4 is 5.32 Å². The smallest absolute Gasteiger partial charge is 0.460 e. The minimum Gasteiger partial charge on any atom is -0.480 e. The van der Waals surface area contributed by atoms with Crippen LogP contribution in [0.4, 0.5) is 62.8 Å². The van der Waals surface area contributed by atoms with Crippen LogP contribution in [0.5, 0.6) is 0 Å². The zero-order chi connectivity index (χ0) is 41.4. The van der Waals surface area contributed by atoms with Crippen molar-refractivity contribution in [3.63, 3.8) is 0 Å². The molecular weight excluding hydrogens is 761 g/mol. The van der Waals surface area contributed by atoms with Crippen molar-refractivity contribution in [3.8, 4) is 0 Å². The van der Waals surface area contributed by atoms with Gasteiger partial charge >= 0.3 is 41.8 Å². The first-order valence-corrected chi connectivity index (χ1v) is 15.5. The summed E-state index contributed by atoms with van der Waals surface area (Å²) in [5, 5.41) is 22.6. The van der Waals surface area contributed by atoms with Gasteiger partial charge in [0.15, 0.2) is 12.1 Å². The van der Waals surface area contributed by atoms with E-state index in [1.54, 1.807) is 35.2 Å². The van der Waals surface area contributed by atoms with Crippen LogP contribution in [0.1, 0.15) is 30.9 Å². The molecule has 1 heterocycles. The Balaban J connectivity index is 1.81. The molecular formula is C34H28F13N3O4. The van der Waals surface area contributed by atoms with E-state index in [1.165, 1.54) is 30.3 Å². The summed E-state index contributed by atoms with van der Waals surface area (Å²) in [6.07, 6.45) is -12.0. The summed E-state index contributed by atoms with van der Waals surface area (Å²) < 4.78 is 189. The summed E-state index contributed by atoms with van der Waals surface area (Å²) in [6.45, 7) is 0.799. The summed E-state index contributed by atoms with van der Waals surface area (Å²) in [6, 6.07) is 13.8. The van der Waals surface area contributed by atoms with Gasteiger partial charge in [0.05, 0.1) is 18.8 Å². The number of hydrogen-bond acceptors (Lipinski definition) is 5. The van der Waals surface area contributed by atoms with Gasteiger partial charge in [-0.1, -0.05) is 78.9 Å². The number of carbonyl (C=O) groups excluding carboxylic acids is 1. The van der Waals surface area contributed by atoms with Crippen molar-refractivity contribution in [3.05, 3.63) is 102 Å². The van der Waals surface area contributed by atoms with Crippen molar-refractivity contribution in [1.82, 2.24) is 4.90 Å². The number of aliphatic imine (C=N–C) groups is 1. The fourth-order valence-electron chi connectivity index (χ4n) is 5.49. The first-order chi connectivity index (χ1) is 25.3. The van der Waals surface area contributed by atoms with Gasteiger partial charge in [-0.05, 0) is 31.0 Å². The number of para-hydroxylation sites is 1. The molecule has 0 bridgehead atoms. The number of carboxylic acids is 1. The SMILES string of the molecule is [2H][C@](N=C(c1ccccc1)c1ccccc1NC(=O)[C@@H]1CCCN1Cc1ccccc1)(C(=O)O)[C@H](O)C(F)(F)C(F)(F)C(F)(F)C(F)(F)C(F)(F)C(F)(F)F. The largest absolute Gasteiger partial charge is 0.480 e. The Morgan fingerprint density at radius 1 is 0.778 bits per heavy atom. The standard InChI is InChI=1S/C34H28F13N3O4/c35-29(36,30(37,38)31(39,40)32(41,42)33(43,44)34(45,46)47)26(51)25(28(53)54)49-24(20-12-5-2-6-13-20)21-14-7-8-15-22(21)48-27(52)23-16-9-17-50(23)18-19-10-3-1-4-11-19/h1-8,10-15,23,25-26,51H,9,16-18H2,(H,48,52)(H,53,54)/t23-,25+,26-/m0/s1/i25D. The van der Waals surface area contributed by atoms with Gasteiger partial charge in [0.1, 0.15) is 0 Å². The molecule has 3 N–H and O–H groups in total. The molecule has 7 nitrogen and oxygen atoms in total. The summed E-state index contributed by atoms with van der Waals surface area (Å²) in [4.78, 5) is 30.9. The van der Waals surface area contributed by atoms with E-state index in [-0.39, 0.29) is 11.3 Å². The van der Waals surface area contributed by atoms with E-state index in [9.17, 15) is 68.1 Å². The van der Waals surface area contributed by atoms with Gasteiger partial charge in [-0.2, -0.15) is 57.1 Å². The highest BCUT2D eigenvalue weighted by Crippen LogP contribution is 2.61. The number of nitrogens with zero attached hydrogens (tertiary/aromatic N) is 2. The molecule has 0 spiro atoms. The second kappa shape index (κ2) is 15.2. The highest BCUT2D eigenvalue weighted by Gasteiger charge is 2.91. The average molecular weight is 791 g/mol. The van der Waals surface area contributed by atoms with E-state index in [4.69, 9.17) is 1.37 Å².